The Morgan fingerprint density at radius 2 is 1.83 bits per heavy atom. The van der Waals surface area contributed by atoms with E-state index in [0.29, 0.717) is 11.3 Å². The Morgan fingerprint density at radius 3 is 2.50 bits per heavy atom. The van der Waals surface area contributed by atoms with E-state index in [-0.39, 0.29) is 17.3 Å². The van der Waals surface area contributed by atoms with E-state index in [2.05, 4.69) is 9.59 Å². The third-order valence-electron chi connectivity index (χ3n) is 3.32. The second kappa shape index (κ2) is 7.18. The number of ether oxygens (including phenoxy) is 2. The Labute approximate surface area is 141 Å². The van der Waals surface area contributed by atoms with Crippen LogP contribution in [0.25, 0.3) is 11.3 Å². The first-order chi connectivity index (χ1) is 11.7. The molecule has 5 nitrogen and oxygen atoms in total. The van der Waals surface area contributed by atoms with Gasteiger partial charge in [0.2, 0.25) is 0 Å². The van der Waals surface area contributed by atoms with E-state index >= 15 is 0 Å². The van der Waals surface area contributed by atoms with E-state index in [9.17, 15) is 9.18 Å². The summed E-state index contributed by atoms with van der Waals surface area (Å²) < 4.78 is 27.2. The number of nitrogens with zero attached hydrogens (tertiary/aromatic N) is 2. The SMILES string of the molecule is COc1ccc(COC(=O)c2snnc2-c2ccc(F)cc2)cc1. The quantitative estimate of drug-likeness (QED) is 0.660. The van der Waals surface area contributed by atoms with Crippen LogP contribution in [-0.4, -0.2) is 22.7 Å². The van der Waals surface area contributed by atoms with Crippen molar-refractivity contribution >= 4 is 17.5 Å². The molecule has 0 unspecified atom stereocenters. The molecule has 0 spiro atoms. The molecular weight excluding hydrogens is 331 g/mol. The van der Waals surface area contributed by atoms with Crippen molar-refractivity contribution in [3.8, 4) is 17.0 Å². The van der Waals surface area contributed by atoms with Crippen molar-refractivity contribution in [2.75, 3.05) is 7.11 Å². The second-order valence-electron chi connectivity index (χ2n) is 4.88. The fourth-order valence-electron chi connectivity index (χ4n) is 2.06. The molecule has 7 heteroatoms. The Morgan fingerprint density at radius 1 is 1.12 bits per heavy atom. The van der Waals surface area contributed by atoms with Crippen LogP contribution in [0.4, 0.5) is 4.39 Å². The maximum absolute atomic E-state index is 13.0. The zero-order chi connectivity index (χ0) is 16.9. The predicted octanol–water partition coefficient (Wildman–Crippen LogP) is 3.71. The minimum atomic E-state index is -0.514. The van der Waals surface area contributed by atoms with Gasteiger partial charge in [-0.15, -0.1) is 5.10 Å². The summed E-state index contributed by atoms with van der Waals surface area (Å²) in [5.74, 6) is -0.138. The number of esters is 1. The maximum Gasteiger partial charge on any atom is 0.352 e. The Kier molecular flexibility index (Phi) is 4.81. The van der Waals surface area contributed by atoms with Crippen molar-refractivity contribution < 1.29 is 18.7 Å². The van der Waals surface area contributed by atoms with E-state index < -0.39 is 5.97 Å². The Balaban J connectivity index is 1.71. The van der Waals surface area contributed by atoms with Gasteiger partial charge in [-0.1, -0.05) is 16.6 Å². The predicted molar refractivity (Wildman–Crippen MR) is 87.4 cm³/mol. The molecule has 122 valence electrons. The molecule has 1 aromatic heterocycles. The van der Waals surface area contributed by atoms with Gasteiger partial charge >= 0.3 is 5.97 Å². The van der Waals surface area contributed by atoms with E-state index in [0.717, 1.165) is 22.8 Å². The van der Waals surface area contributed by atoms with Crippen LogP contribution in [0, 0.1) is 5.82 Å². The number of halogens is 1. The summed E-state index contributed by atoms with van der Waals surface area (Å²) in [4.78, 5) is 12.6. The summed E-state index contributed by atoms with van der Waals surface area (Å²) in [6, 6.07) is 12.9. The minimum Gasteiger partial charge on any atom is -0.497 e. The third kappa shape index (κ3) is 3.57. The first kappa shape index (κ1) is 16.1. The van der Waals surface area contributed by atoms with Gasteiger partial charge in [0.1, 0.15) is 23.9 Å². The minimum absolute atomic E-state index is 0.129. The molecule has 0 aliphatic rings. The first-order valence-electron chi connectivity index (χ1n) is 7.05. The molecule has 0 fully saturated rings. The van der Waals surface area contributed by atoms with Crippen LogP contribution in [0.15, 0.2) is 48.5 Å². The van der Waals surface area contributed by atoms with Crippen molar-refractivity contribution in [1.29, 1.82) is 0 Å². The molecule has 0 amide bonds. The van der Waals surface area contributed by atoms with E-state index in [1.165, 1.54) is 12.1 Å². The monoisotopic (exact) mass is 344 g/mol. The summed E-state index contributed by atoms with van der Waals surface area (Å²) in [7, 11) is 1.59. The van der Waals surface area contributed by atoms with Gasteiger partial charge in [-0.3, -0.25) is 0 Å². The van der Waals surface area contributed by atoms with Gasteiger partial charge in [-0.2, -0.15) is 0 Å². The molecule has 3 rings (SSSR count). The largest absolute Gasteiger partial charge is 0.497 e. The second-order valence-corrected chi connectivity index (χ2v) is 5.64. The van der Waals surface area contributed by atoms with Crippen LogP contribution >= 0.6 is 11.5 Å². The zero-order valence-corrected chi connectivity index (χ0v) is 13.5. The lowest BCUT2D eigenvalue weighted by Gasteiger charge is -2.05. The van der Waals surface area contributed by atoms with Crippen molar-refractivity contribution in [1.82, 2.24) is 9.59 Å². The number of hydrogen-bond acceptors (Lipinski definition) is 6. The summed E-state index contributed by atoms with van der Waals surface area (Å²) >= 11 is 0.948. The highest BCUT2D eigenvalue weighted by Crippen LogP contribution is 2.25. The highest BCUT2D eigenvalue weighted by atomic mass is 32.1. The average Bonchev–Trinajstić information content (AvgIpc) is 3.10. The van der Waals surface area contributed by atoms with Crippen LogP contribution in [0.3, 0.4) is 0 Å². The molecule has 0 aliphatic heterocycles. The number of carbonyl (C=O) groups excluding carboxylic acids is 1. The van der Waals surface area contributed by atoms with Crippen LogP contribution in [0.1, 0.15) is 15.2 Å². The number of hydrogen-bond donors (Lipinski definition) is 0. The van der Waals surface area contributed by atoms with Gasteiger partial charge in [0, 0.05) is 5.56 Å². The smallest absolute Gasteiger partial charge is 0.352 e. The lowest BCUT2D eigenvalue weighted by Crippen LogP contribution is -2.05. The van der Waals surface area contributed by atoms with Gasteiger partial charge in [0.05, 0.1) is 7.11 Å². The highest BCUT2D eigenvalue weighted by molar-refractivity contribution is 7.08. The molecule has 0 radical (unpaired) electrons. The maximum atomic E-state index is 13.0. The van der Waals surface area contributed by atoms with Crippen LogP contribution in [0.2, 0.25) is 0 Å². The standard InChI is InChI=1S/C17H13FN2O3S/c1-22-14-8-2-11(3-9-14)10-23-17(21)16-15(19-20-24-16)12-4-6-13(18)7-5-12/h2-9H,10H2,1H3. The number of carbonyl (C=O) groups is 1. The molecule has 3 aromatic rings. The van der Waals surface area contributed by atoms with Gasteiger partial charge in [0.15, 0.2) is 4.88 Å². The fourth-order valence-corrected chi connectivity index (χ4v) is 2.64. The van der Waals surface area contributed by atoms with Crippen LogP contribution in [-0.2, 0) is 11.3 Å². The van der Waals surface area contributed by atoms with E-state index in [1.807, 2.05) is 12.1 Å². The third-order valence-corrected chi connectivity index (χ3v) is 4.03. The highest BCUT2D eigenvalue weighted by Gasteiger charge is 2.19. The summed E-state index contributed by atoms with van der Waals surface area (Å²) in [5.41, 5.74) is 1.84. The molecular formula is C17H13FN2O3S. The Bertz CT molecular complexity index is 832. The first-order valence-corrected chi connectivity index (χ1v) is 7.83. The molecule has 0 N–H and O–H groups in total. The molecule has 0 saturated heterocycles. The van der Waals surface area contributed by atoms with Crippen molar-refractivity contribution in [3.63, 3.8) is 0 Å². The van der Waals surface area contributed by atoms with Crippen LogP contribution < -0.4 is 4.74 Å². The molecule has 0 saturated carbocycles. The van der Waals surface area contributed by atoms with Gasteiger partial charge < -0.3 is 9.47 Å². The van der Waals surface area contributed by atoms with Gasteiger partial charge in [-0.05, 0) is 53.5 Å². The van der Waals surface area contributed by atoms with Crippen molar-refractivity contribution in [2.24, 2.45) is 0 Å². The van der Waals surface area contributed by atoms with E-state index in [1.54, 1.807) is 31.4 Å². The summed E-state index contributed by atoms with van der Waals surface area (Å²) in [6.45, 7) is 0.129. The summed E-state index contributed by atoms with van der Waals surface area (Å²) in [5, 5.41) is 3.94. The van der Waals surface area contributed by atoms with Crippen molar-refractivity contribution in [3.05, 3.63) is 64.8 Å². The Hall–Kier alpha value is -2.80. The zero-order valence-electron chi connectivity index (χ0n) is 12.7. The number of aromatic nitrogens is 2. The number of benzene rings is 2. The molecule has 0 atom stereocenters. The summed E-state index contributed by atoms with van der Waals surface area (Å²) in [6.07, 6.45) is 0. The topological polar surface area (TPSA) is 61.3 Å². The number of methoxy groups -OCH3 is 1. The lowest BCUT2D eigenvalue weighted by molar-refractivity contribution is 0.0479. The molecule has 24 heavy (non-hydrogen) atoms. The molecule has 2 aromatic carbocycles. The molecule has 0 aliphatic carbocycles. The molecule has 1 heterocycles. The van der Waals surface area contributed by atoms with Gasteiger partial charge in [0.25, 0.3) is 0 Å². The lowest BCUT2D eigenvalue weighted by atomic mass is 10.1. The average molecular weight is 344 g/mol. The number of rotatable bonds is 5. The normalized spacial score (nSPS) is 10.4. The van der Waals surface area contributed by atoms with Crippen LogP contribution in [0.5, 0.6) is 5.75 Å². The van der Waals surface area contributed by atoms with Gasteiger partial charge in [-0.25, -0.2) is 9.18 Å². The van der Waals surface area contributed by atoms with Crippen molar-refractivity contribution in [2.45, 2.75) is 6.61 Å². The fraction of sp³-hybridized carbons (Fsp3) is 0.118. The van der Waals surface area contributed by atoms with E-state index in [4.69, 9.17) is 9.47 Å². The molecule has 0 bridgehead atoms.